The van der Waals surface area contributed by atoms with Crippen molar-refractivity contribution in [1.29, 1.82) is 0 Å². The molecule has 114 valence electrons. The van der Waals surface area contributed by atoms with Gasteiger partial charge >= 0.3 is 0 Å². The van der Waals surface area contributed by atoms with Gasteiger partial charge in [-0.1, -0.05) is 17.9 Å². The molecule has 1 unspecified atom stereocenters. The first kappa shape index (κ1) is 15.9. The van der Waals surface area contributed by atoms with E-state index in [9.17, 15) is 13.5 Å². The van der Waals surface area contributed by atoms with E-state index in [0.29, 0.717) is 12.2 Å². The van der Waals surface area contributed by atoms with Crippen LogP contribution in [0.2, 0.25) is 0 Å². The molecule has 1 heterocycles. The summed E-state index contributed by atoms with van der Waals surface area (Å²) in [6, 6.07) is 5.85. The quantitative estimate of drug-likeness (QED) is 0.726. The predicted octanol–water partition coefficient (Wildman–Crippen LogP) is -0.621. The Hall–Kier alpha value is -1.43. The smallest absolute Gasteiger partial charge is 0.243 e. The van der Waals surface area contributed by atoms with Crippen molar-refractivity contribution in [2.45, 2.75) is 10.9 Å². The predicted molar refractivity (Wildman–Crippen MR) is 78.0 cm³/mol. The SMILES string of the molecule is NCC#Cc1cccc(S(=O)(=O)N2CCOCC2CO)c1. The summed E-state index contributed by atoms with van der Waals surface area (Å²) < 4.78 is 31.8. The van der Waals surface area contributed by atoms with Gasteiger partial charge in [0.1, 0.15) is 0 Å². The lowest BCUT2D eigenvalue weighted by Gasteiger charge is -2.33. The van der Waals surface area contributed by atoms with Crippen LogP contribution in [0, 0.1) is 11.8 Å². The molecule has 0 bridgehead atoms. The second-order valence-electron chi connectivity index (χ2n) is 4.56. The highest BCUT2D eigenvalue weighted by Gasteiger charge is 2.33. The van der Waals surface area contributed by atoms with Gasteiger partial charge in [0, 0.05) is 12.1 Å². The third-order valence-electron chi connectivity index (χ3n) is 3.16. The first-order valence-corrected chi connectivity index (χ1v) is 8.03. The zero-order valence-electron chi connectivity index (χ0n) is 11.5. The van der Waals surface area contributed by atoms with Crippen molar-refractivity contribution in [1.82, 2.24) is 4.31 Å². The molecule has 1 aliphatic heterocycles. The van der Waals surface area contributed by atoms with E-state index in [-0.39, 0.29) is 31.2 Å². The van der Waals surface area contributed by atoms with Crippen LogP contribution in [0.1, 0.15) is 5.56 Å². The van der Waals surface area contributed by atoms with Crippen molar-refractivity contribution in [3.63, 3.8) is 0 Å². The summed E-state index contributed by atoms with van der Waals surface area (Å²) in [5, 5.41) is 9.32. The number of hydrogen-bond acceptors (Lipinski definition) is 5. The molecule has 0 saturated carbocycles. The van der Waals surface area contributed by atoms with Gasteiger partial charge in [-0.15, -0.1) is 0 Å². The lowest BCUT2D eigenvalue weighted by atomic mass is 10.2. The van der Waals surface area contributed by atoms with E-state index in [1.54, 1.807) is 12.1 Å². The fourth-order valence-electron chi connectivity index (χ4n) is 2.12. The van der Waals surface area contributed by atoms with Crippen molar-refractivity contribution < 1.29 is 18.3 Å². The van der Waals surface area contributed by atoms with Crippen LogP contribution < -0.4 is 5.73 Å². The molecule has 0 amide bonds. The summed E-state index contributed by atoms with van der Waals surface area (Å²) in [4.78, 5) is 0.159. The summed E-state index contributed by atoms with van der Waals surface area (Å²) in [7, 11) is -3.68. The number of rotatable bonds is 3. The molecule has 1 aromatic carbocycles. The van der Waals surface area contributed by atoms with E-state index in [0.717, 1.165) is 0 Å². The van der Waals surface area contributed by atoms with Crippen LogP contribution in [0.25, 0.3) is 0 Å². The zero-order valence-corrected chi connectivity index (χ0v) is 12.3. The Morgan fingerprint density at radius 3 is 3.00 bits per heavy atom. The van der Waals surface area contributed by atoms with Crippen LogP contribution in [0.5, 0.6) is 0 Å². The van der Waals surface area contributed by atoms with Crippen LogP contribution in [-0.4, -0.2) is 56.8 Å². The van der Waals surface area contributed by atoms with E-state index in [2.05, 4.69) is 11.8 Å². The Morgan fingerprint density at radius 2 is 2.29 bits per heavy atom. The molecule has 6 nitrogen and oxygen atoms in total. The summed E-state index contributed by atoms with van der Waals surface area (Å²) in [6.07, 6.45) is 0. The van der Waals surface area contributed by atoms with Crippen LogP contribution >= 0.6 is 0 Å². The van der Waals surface area contributed by atoms with Crippen molar-refractivity contribution >= 4 is 10.0 Å². The normalized spacial score (nSPS) is 19.8. The van der Waals surface area contributed by atoms with Gasteiger partial charge in [-0.2, -0.15) is 4.31 Å². The van der Waals surface area contributed by atoms with Crippen molar-refractivity contribution in [2.75, 3.05) is 32.9 Å². The molecule has 2 rings (SSSR count). The van der Waals surface area contributed by atoms with Crippen LogP contribution in [0.3, 0.4) is 0 Å². The van der Waals surface area contributed by atoms with E-state index < -0.39 is 16.1 Å². The van der Waals surface area contributed by atoms with Gasteiger partial charge < -0.3 is 15.6 Å². The second-order valence-corrected chi connectivity index (χ2v) is 6.45. The van der Waals surface area contributed by atoms with Crippen LogP contribution in [-0.2, 0) is 14.8 Å². The van der Waals surface area contributed by atoms with E-state index in [4.69, 9.17) is 10.5 Å². The molecule has 1 fully saturated rings. The average Bonchev–Trinajstić information content (AvgIpc) is 2.53. The van der Waals surface area contributed by atoms with Crippen molar-refractivity contribution in [2.24, 2.45) is 5.73 Å². The number of ether oxygens (including phenoxy) is 1. The fourth-order valence-corrected chi connectivity index (χ4v) is 3.75. The zero-order chi connectivity index (χ0) is 15.3. The van der Waals surface area contributed by atoms with Gasteiger partial charge in [0.05, 0.1) is 37.3 Å². The molecule has 0 radical (unpaired) electrons. The fraction of sp³-hybridized carbons (Fsp3) is 0.429. The van der Waals surface area contributed by atoms with Crippen molar-refractivity contribution in [3.8, 4) is 11.8 Å². The minimum absolute atomic E-state index is 0.159. The van der Waals surface area contributed by atoms with Gasteiger partial charge in [-0.3, -0.25) is 0 Å². The minimum Gasteiger partial charge on any atom is -0.395 e. The first-order chi connectivity index (χ1) is 10.1. The number of aliphatic hydroxyl groups is 1. The molecule has 0 aromatic heterocycles. The molecular weight excluding hydrogens is 292 g/mol. The highest BCUT2D eigenvalue weighted by molar-refractivity contribution is 7.89. The molecule has 1 saturated heterocycles. The number of nitrogens with two attached hydrogens (primary N) is 1. The Kier molecular flexibility index (Phi) is 5.33. The molecule has 1 aromatic rings. The maximum absolute atomic E-state index is 12.7. The molecule has 1 atom stereocenters. The molecule has 21 heavy (non-hydrogen) atoms. The van der Waals surface area contributed by atoms with Crippen molar-refractivity contribution in [3.05, 3.63) is 29.8 Å². The second kappa shape index (κ2) is 7.02. The van der Waals surface area contributed by atoms with Gasteiger partial charge in [-0.05, 0) is 18.2 Å². The van der Waals surface area contributed by atoms with E-state index in [1.807, 2.05) is 0 Å². The molecular formula is C14H18N2O4S. The number of hydrogen-bond donors (Lipinski definition) is 2. The van der Waals surface area contributed by atoms with Gasteiger partial charge in [0.25, 0.3) is 0 Å². The maximum atomic E-state index is 12.7. The first-order valence-electron chi connectivity index (χ1n) is 6.59. The molecule has 0 aliphatic carbocycles. The number of benzene rings is 1. The monoisotopic (exact) mass is 310 g/mol. The Morgan fingerprint density at radius 1 is 1.48 bits per heavy atom. The Bertz CT molecular complexity index is 648. The van der Waals surface area contributed by atoms with Gasteiger partial charge in [0.15, 0.2) is 0 Å². The maximum Gasteiger partial charge on any atom is 0.243 e. The van der Waals surface area contributed by atoms with E-state index in [1.165, 1.54) is 16.4 Å². The number of nitrogens with zero attached hydrogens (tertiary/aromatic N) is 1. The Labute approximate surface area is 124 Å². The summed E-state index contributed by atoms with van der Waals surface area (Å²) in [5.41, 5.74) is 5.90. The lowest BCUT2D eigenvalue weighted by molar-refractivity contribution is 0.0109. The van der Waals surface area contributed by atoms with E-state index >= 15 is 0 Å². The van der Waals surface area contributed by atoms with Gasteiger partial charge in [-0.25, -0.2) is 8.42 Å². The molecule has 1 aliphatic rings. The Balaban J connectivity index is 2.34. The topological polar surface area (TPSA) is 92.9 Å². The third kappa shape index (κ3) is 3.61. The van der Waals surface area contributed by atoms with Gasteiger partial charge in [0.2, 0.25) is 10.0 Å². The summed E-state index contributed by atoms with van der Waals surface area (Å²) in [5.74, 6) is 5.50. The number of aliphatic hydroxyl groups excluding tert-OH is 1. The lowest BCUT2D eigenvalue weighted by Crippen LogP contribution is -2.50. The summed E-state index contributed by atoms with van der Waals surface area (Å²) in [6.45, 7) is 0.690. The largest absolute Gasteiger partial charge is 0.395 e. The highest BCUT2D eigenvalue weighted by Crippen LogP contribution is 2.21. The minimum atomic E-state index is -3.68. The summed E-state index contributed by atoms with van der Waals surface area (Å²) >= 11 is 0. The molecule has 7 heteroatoms. The molecule has 3 N–H and O–H groups in total. The standard InChI is InChI=1S/C14H18N2O4S/c15-6-2-4-12-3-1-5-14(9-12)21(18,19)16-7-8-20-11-13(16)10-17/h1,3,5,9,13,17H,6-8,10-11,15H2. The molecule has 0 spiro atoms. The average molecular weight is 310 g/mol. The third-order valence-corrected chi connectivity index (χ3v) is 5.11. The highest BCUT2D eigenvalue weighted by atomic mass is 32.2. The van der Waals surface area contributed by atoms with Crippen LogP contribution in [0.15, 0.2) is 29.2 Å². The van der Waals surface area contributed by atoms with Crippen LogP contribution in [0.4, 0.5) is 0 Å². The number of sulfonamides is 1. The number of morpholine rings is 1.